The first-order chi connectivity index (χ1) is 9.40. The minimum atomic E-state index is 0.692. The number of hydrogen-bond acceptors (Lipinski definition) is 3. The van der Waals surface area contributed by atoms with Gasteiger partial charge in [0.2, 0.25) is 0 Å². The topological polar surface area (TPSA) is 29.9 Å². The molecule has 2 fully saturated rings. The fraction of sp³-hybridized carbons (Fsp3) is 0.800. The molecule has 1 aliphatic heterocycles. The maximum absolute atomic E-state index is 4.47. The SMILES string of the molecule is CCSC1CCCC1n1cncc1C1CCNCC1. The van der Waals surface area contributed by atoms with Gasteiger partial charge in [0.05, 0.1) is 6.33 Å². The molecule has 106 valence electrons. The van der Waals surface area contributed by atoms with Crippen LogP contribution in [0.15, 0.2) is 12.5 Å². The normalized spacial score (nSPS) is 28.9. The number of imidazole rings is 1. The molecule has 2 unspecified atom stereocenters. The van der Waals surface area contributed by atoms with E-state index in [2.05, 4.69) is 46.1 Å². The highest BCUT2D eigenvalue weighted by Crippen LogP contribution is 2.40. The van der Waals surface area contributed by atoms with Crippen molar-refractivity contribution in [1.82, 2.24) is 14.9 Å². The second kappa shape index (κ2) is 6.31. The Morgan fingerprint density at radius 1 is 1.32 bits per heavy atom. The largest absolute Gasteiger partial charge is 0.330 e. The number of hydrogen-bond donors (Lipinski definition) is 1. The Bertz CT molecular complexity index is 398. The van der Waals surface area contributed by atoms with Crippen molar-refractivity contribution in [1.29, 1.82) is 0 Å². The third-order valence-electron chi connectivity index (χ3n) is 4.61. The molecule has 1 N–H and O–H groups in total. The van der Waals surface area contributed by atoms with Crippen LogP contribution in [-0.4, -0.2) is 33.6 Å². The quantitative estimate of drug-likeness (QED) is 0.918. The van der Waals surface area contributed by atoms with Crippen molar-refractivity contribution < 1.29 is 0 Å². The maximum atomic E-state index is 4.47. The van der Waals surface area contributed by atoms with E-state index >= 15 is 0 Å². The van der Waals surface area contributed by atoms with Gasteiger partial charge >= 0.3 is 0 Å². The first-order valence-electron chi connectivity index (χ1n) is 7.74. The molecule has 1 saturated heterocycles. The molecule has 0 amide bonds. The molecule has 4 heteroatoms. The summed E-state index contributed by atoms with van der Waals surface area (Å²) in [4.78, 5) is 4.47. The van der Waals surface area contributed by atoms with Gasteiger partial charge in [-0.25, -0.2) is 4.98 Å². The van der Waals surface area contributed by atoms with Crippen LogP contribution in [0.1, 0.15) is 56.7 Å². The van der Waals surface area contributed by atoms with E-state index in [1.54, 1.807) is 0 Å². The minimum absolute atomic E-state index is 0.692. The molecule has 2 heterocycles. The van der Waals surface area contributed by atoms with Gasteiger partial charge in [0.25, 0.3) is 0 Å². The van der Waals surface area contributed by atoms with Gasteiger partial charge in [-0.15, -0.1) is 0 Å². The summed E-state index contributed by atoms with van der Waals surface area (Å²) in [5.41, 5.74) is 1.50. The lowest BCUT2D eigenvalue weighted by molar-refractivity contribution is 0.418. The number of nitrogens with zero attached hydrogens (tertiary/aromatic N) is 2. The number of nitrogens with one attached hydrogen (secondary N) is 1. The standard InChI is InChI=1S/C15H25N3S/c1-2-19-15-5-3-4-13(15)18-11-17-10-14(18)12-6-8-16-9-7-12/h10-13,15-16H,2-9H2,1H3. The molecule has 1 saturated carbocycles. The molecule has 0 spiro atoms. The molecular formula is C15H25N3S. The van der Waals surface area contributed by atoms with Gasteiger partial charge in [0, 0.05) is 29.1 Å². The monoisotopic (exact) mass is 279 g/mol. The van der Waals surface area contributed by atoms with Gasteiger partial charge in [-0.2, -0.15) is 11.8 Å². The van der Waals surface area contributed by atoms with E-state index in [9.17, 15) is 0 Å². The predicted octanol–water partition coefficient (Wildman–Crippen LogP) is 3.20. The lowest BCUT2D eigenvalue weighted by atomic mass is 9.94. The van der Waals surface area contributed by atoms with Crippen molar-refractivity contribution in [3.8, 4) is 0 Å². The van der Waals surface area contributed by atoms with E-state index < -0.39 is 0 Å². The fourth-order valence-electron chi connectivity index (χ4n) is 3.66. The first-order valence-corrected chi connectivity index (χ1v) is 8.79. The summed E-state index contributed by atoms with van der Waals surface area (Å²) in [6.07, 6.45) is 10.9. The van der Waals surface area contributed by atoms with Gasteiger partial charge in [-0.05, 0) is 44.5 Å². The maximum Gasteiger partial charge on any atom is 0.0951 e. The van der Waals surface area contributed by atoms with Crippen LogP contribution < -0.4 is 5.32 Å². The van der Waals surface area contributed by atoms with Gasteiger partial charge in [0.15, 0.2) is 0 Å². The summed E-state index contributed by atoms with van der Waals surface area (Å²) in [7, 11) is 0. The zero-order valence-electron chi connectivity index (χ0n) is 11.8. The molecule has 2 aliphatic rings. The van der Waals surface area contributed by atoms with Crippen LogP contribution in [0.5, 0.6) is 0 Å². The molecule has 1 aliphatic carbocycles. The Morgan fingerprint density at radius 3 is 2.95 bits per heavy atom. The lowest BCUT2D eigenvalue weighted by Gasteiger charge is -2.28. The van der Waals surface area contributed by atoms with Gasteiger partial charge in [-0.1, -0.05) is 13.3 Å². The molecule has 0 radical (unpaired) electrons. The summed E-state index contributed by atoms with van der Waals surface area (Å²) in [6.45, 7) is 4.60. The minimum Gasteiger partial charge on any atom is -0.330 e. The molecule has 3 rings (SSSR count). The second-order valence-electron chi connectivity index (χ2n) is 5.74. The first kappa shape index (κ1) is 13.5. The molecule has 1 aromatic rings. The van der Waals surface area contributed by atoms with Crippen molar-refractivity contribution in [2.24, 2.45) is 0 Å². The van der Waals surface area contributed by atoms with E-state index in [0.29, 0.717) is 6.04 Å². The molecular weight excluding hydrogens is 254 g/mol. The summed E-state index contributed by atoms with van der Waals surface area (Å²) in [5, 5.41) is 4.27. The van der Waals surface area contributed by atoms with Gasteiger partial charge in [-0.3, -0.25) is 0 Å². The van der Waals surface area contributed by atoms with Crippen molar-refractivity contribution in [2.75, 3.05) is 18.8 Å². The fourth-order valence-corrected chi connectivity index (χ4v) is 4.91. The highest BCUT2D eigenvalue weighted by molar-refractivity contribution is 7.99. The lowest BCUT2D eigenvalue weighted by Crippen LogP contribution is -2.28. The van der Waals surface area contributed by atoms with Crippen molar-refractivity contribution >= 4 is 11.8 Å². The third-order valence-corrected chi connectivity index (χ3v) is 5.92. The summed E-state index contributed by atoms with van der Waals surface area (Å²) in [6, 6.07) is 0.692. The molecule has 19 heavy (non-hydrogen) atoms. The number of aromatic nitrogens is 2. The molecule has 0 bridgehead atoms. The van der Waals surface area contributed by atoms with Crippen LogP contribution in [0.25, 0.3) is 0 Å². The van der Waals surface area contributed by atoms with E-state index in [0.717, 1.165) is 24.3 Å². The summed E-state index contributed by atoms with van der Waals surface area (Å²) in [5.74, 6) is 1.95. The predicted molar refractivity (Wildman–Crippen MR) is 81.9 cm³/mol. The van der Waals surface area contributed by atoms with E-state index in [-0.39, 0.29) is 0 Å². The van der Waals surface area contributed by atoms with Crippen LogP contribution in [0.2, 0.25) is 0 Å². The Balaban J connectivity index is 1.78. The third kappa shape index (κ3) is 2.84. The average Bonchev–Trinajstić information content (AvgIpc) is 3.08. The Labute approximate surface area is 120 Å². The van der Waals surface area contributed by atoms with Crippen LogP contribution in [0, 0.1) is 0 Å². The summed E-state index contributed by atoms with van der Waals surface area (Å²) < 4.78 is 2.52. The van der Waals surface area contributed by atoms with Crippen molar-refractivity contribution in [3.63, 3.8) is 0 Å². The van der Waals surface area contributed by atoms with Gasteiger partial charge in [0.1, 0.15) is 0 Å². The van der Waals surface area contributed by atoms with E-state index in [4.69, 9.17) is 0 Å². The molecule has 0 aromatic carbocycles. The van der Waals surface area contributed by atoms with Crippen LogP contribution >= 0.6 is 11.8 Å². The molecule has 3 nitrogen and oxygen atoms in total. The van der Waals surface area contributed by atoms with Crippen LogP contribution in [0.3, 0.4) is 0 Å². The van der Waals surface area contributed by atoms with Gasteiger partial charge < -0.3 is 9.88 Å². The number of piperidine rings is 1. The van der Waals surface area contributed by atoms with Crippen LogP contribution in [0.4, 0.5) is 0 Å². The highest BCUT2D eigenvalue weighted by atomic mass is 32.2. The van der Waals surface area contributed by atoms with E-state index in [1.807, 2.05) is 0 Å². The van der Waals surface area contributed by atoms with Crippen molar-refractivity contribution in [3.05, 3.63) is 18.2 Å². The Morgan fingerprint density at radius 2 is 2.16 bits per heavy atom. The van der Waals surface area contributed by atoms with Crippen molar-refractivity contribution in [2.45, 2.75) is 56.2 Å². The zero-order chi connectivity index (χ0) is 13.1. The zero-order valence-corrected chi connectivity index (χ0v) is 12.7. The Kier molecular flexibility index (Phi) is 4.49. The second-order valence-corrected chi connectivity index (χ2v) is 7.26. The Hall–Kier alpha value is -0.480. The number of rotatable bonds is 4. The summed E-state index contributed by atoms with van der Waals surface area (Å²) >= 11 is 2.14. The molecule has 2 atom stereocenters. The average molecular weight is 279 g/mol. The number of thioether (sulfide) groups is 1. The van der Waals surface area contributed by atoms with E-state index in [1.165, 1.54) is 43.6 Å². The highest BCUT2D eigenvalue weighted by Gasteiger charge is 2.31. The smallest absolute Gasteiger partial charge is 0.0951 e. The molecule has 1 aromatic heterocycles. The van der Waals surface area contributed by atoms with Crippen LogP contribution in [-0.2, 0) is 0 Å².